The quantitative estimate of drug-likeness (QED) is 0.808. The second kappa shape index (κ2) is 5.07. The average Bonchev–Trinajstić information content (AvgIpc) is 2.26. The molecule has 0 unspecified atom stereocenters. The van der Waals surface area contributed by atoms with Gasteiger partial charge in [-0.05, 0) is 25.0 Å². The van der Waals surface area contributed by atoms with Crippen LogP contribution in [0.1, 0.15) is 18.5 Å². The second-order valence-electron chi connectivity index (χ2n) is 4.13. The Morgan fingerprint density at radius 3 is 2.94 bits per heavy atom. The van der Waals surface area contributed by atoms with Gasteiger partial charge in [-0.15, -0.1) is 0 Å². The molecule has 0 bridgehead atoms. The van der Waals surface area contributed by atoms with Crippen molar-refractivity contribution in [2.75, 3.05) is 13.1 Å². The van der Waals surface area contributed by atoms with Gasteiger partial charge in [-0.3, -0.25) is 9.78 Å². The lowest BCUT2D eigenvalue weighted by Crippen LogP contribution is -2.53. The number of likely N-dealkylation sites (tertiary alicyclic amines) is 1. The molecule has 1 fully saturated rings. The smallest absolute Gasteiger partial charge is 0.222 e. The molecule has 2 rings (SSSR count). The Balaban J connectivity index is 1.67. The van der Waals surface area contributed by atoms with Crippen LogP contribution >= 0.6 is 0 Å². The van der Waals surface area contributed by atoms with Crippen molar-refractivity contribution in [1.82, 2.24) is 9.88 Å². The van der Waals surface area contributed by atoms with Crippen molar-refractivity contribution in [3.63, 3.8) is 0 Å². The summed E-state index contributed by atoms with van der Waals surface area (Å²) >= 11 is 0. The van der Waals surface area contributed by atoms with Crippen LogP contribution < -0.4 is 0 Å². The molecule has 1 aliphatic rings. The fourth-order valence-electron chi connectivity index (χ4n) is 1.78. The molecular weight excluding hydrogens is 204 g/mol. The Bertz CT molecular complexity index is 347. The van der Waals surface area contributed by atoms with Gasteiger partial charge in [0.05, 0.1) is 6.10 Å². The van der Waals surface area contributed by atoms with Crippen LogP contribution in [-0.4, -0.2) is 40.1 Å². The molecule has 0 aliphatic carbocycles. The van der Waals surface area contributed by atoms with E-state index < -0.39 is 0 Å². The molecule has 1 aromatic rings. The van der Waals surface area contributed by atoms with Gasteiger partial charge in [0.2, 0.25) is 5.91 Å². The molecule has 4 heteroatoms. The van der Waals surface area contributed by atoms with Crippen molar-refractivity contribution in [1.29, 1.82) is 0 Å². The maximum Gasteiger partial charge on any atom is 0.222 e. The highest BCUT2D eigenvalue weighted by Gasteiger charge is 2.27. The van der Waals surface area contributed by atoms with Crippen LogP contribution in [0.2, 0.25) is 0 Å². The van der Waals surface area contributed by atoms with Crippen LogP contribution in [0, 0.1) is 0 Å². The van der Waals surface area contributed by atoms with Gasteiger partial charge in [0, 0.05) is 31.4 Å². The van der Waals surface area contributed by atoms with E-state index in [0.717, 1.165) is 18.5 Å². The van der Waals surface area contributed by atoms with E-state index >= 15 is 0 Å². The summed E-state index contributed by atoms with van der Waals surface area (Å²) in [6.45, 7) is 1.00. The Labute approximate surface area is 94.9 Å². The summed E-state index contributed by atoms with van der Waals surface area (Å²) < 4.78 is 0. The van der Waals surface area contributed by atoms with E-state index in [4.69, 9.17) is 5.11 Å². The van der Waals surface area contributed by atoms with Gasteiger partial charge in [0.1, 0.15) is 0 Å². The van der Waals surface area contributed by atoms with Gasteiger partial charge in [-0.25, -0.2) is 0 Å². The minimum absolute atomic E-state index is 0.140. The van der Waals surface area contributed by atoms with Gasteiger partial charge in [0.15, 0.2) is 0 Å². The Morgan fingerprint density at radius 1 is 1.50 bits per heavy atom. The van der Waals surface area contributed by atoms with Crippen LogP contribution in [0.4, 0.5) is 0 Å². The van der Waals surface area contributed by atoms with Crippen molar-refractivity contribution >= 4 is 5.91 Å². The third-order valence-electron chi connectivity index (χ3n) is 2.76. The zero-order valence-electron chi connectivity index (χ0n) is 9.17. The van der Waals surface area contributed by atoms with E-state index in [0.29, 0.717) is 19.5 Å². The summed E-state index contributed by atoms with van der Waals surface area (Å²) in [7, 11) is 0. The lowest BCUT2D eigenvalue weighted by molar-refractivity contribution is -0.141. The SMILES string of the molecule is O=C(CCCc1ccccn1)N1CC(O)C1. The molecule has 86 valence electrons. The molecule has 16 heavy (non-hydrogen) atoms. The van der Waals surface area contributed by atoms with Crippen LogP contribution in [0.25, 0.3) is 0 Å². The highest BCUT2D eigenvalue weighted by molar-refractivity contribution is 5.77. The maximum absolute atomic E-state index is 11.6. The van der Waals surface area contributed by atoms with E-state index in [-0.39, 0.29) is 12.0 Å². The average molecular weight is 220 g/mol. The summed E-state index contributed by atoms with van der Waals surface area (Å²) in [6, 6.07) is 5.81. The lowest BCUT2D eigenvalue weighted by atomic mass is 10.1. The van der Waals surface area contributed by atoms with Crippen molar-refractivity contribution in [2.24, 2.45) is 0 Å². The summed E-state index contributed by atoms with van der Waals surface area (Å²) in [5.74, 6) is 0.140. The van der Waals surface area contributed by atoms with Gasteiger partial charge >= 0.3 is 0 Å². The predicted molar refractivity (Wildman–Crippen MR) is 59.8 cm³/mol. The van der Waals surface area contributed by atoms with E-state index in [1.807, 2.05) is 18.2 Å². The van der Waals surface area contributed by atoms with Gasteiger partial charge in [0.25, 0.3) is 0 Å². The molecule has 1 N–H and O–H groups in total. The lowest BCUT2D eigenvalue weighted by Gasteiger charge is -2.35. The topological polar surface area (TPSA) is 53.4 Å². The normalized spacial score (nSPS) is 15.9. The third kappa shape index (κ3) is 2.79. The zero-order valence-corrected chi connectivity index (χ0v) is 9.17. The number of carbonyl (C=O) groups excluding carboxylic acids is 1. The number of hydrogen-bond acceptors (Lipinski definition) is 3. The molecule has 4 nitrogen and oxygen atoms in total. The van der Waals surface area contributed by atoms with Crippen molar-refractivity contribution in [3.8, 4) is 0 Å². The first-order valence-corrected chi connectivity index (χ1v) is 5.61. The van der Waals surface area contributed by atoms with E-state index in [1.165, 1.54) is 0 Å². The monoisotopic (exact) mass is 220 g/mol. The number of carbonyl (C=O) groups is 1. The van der Waals surface area contributed by atoms with Gasteiger partial charge in [-0.2, -0.15) is 0 Å². The minimum Gasteiger partial charge on any atom is -0.389 e. The first-order valence-electron chi connectivity index (χ1n) is 5.61. The van der Waals surface area contributed by atoms with Gasteiger partial charge in [-0.1, -0.05) is 6.07 Å². The summed E-state index contributed by atoms with van der Waals surface area (Å²) in [6.07, 6.45) is 3.66. The first-order chi connectivity index (χ1) is 7.75. The number of aliphatic hydroxyl groups excluding tert-OH is 1. The van der Waals surface area contributed by atoms with E-state index in [1.54, 1.807) is 11.1 Å². The molecule has 1 amide bonds. The number of hydrogen-bond donors (Lipinski definition) is 1. The van der Waals surface area contributed by atoms with Crippen molar-refractivity contribution in [3.05, 3.63) is 30.1 Å². The first kappa shape index (κ1) is 11.1. The van der Waals surface area contributed by atoms with Crippen LogP contribution in [-0.2, 0) is 11.2 Å². The van der Waals surface area contributed by atoms with E-state index in [9.17, 15) is 4.79 Å². The molecular formula is C12H16N2O2. The summed E-state index contributed by atoms with van der Waals surface area (Å²) in [5.41, 5.74) is 1.03. The molecule has 1 aliphatic heterocycles. The zero-order chi connectivity index (χ0) is 11.4. The Kier molecular flexibility index (Phi) is 3.51. The summed E-state index contributed by atoms with van der Waals surface area (Å²) in [4.78, 5) is 17.5. The van der Waals surface area contributed by atoms with Gasteiger partial charge < -0.3 is 10.0 Å². The highest BCUT2D eigenvalue weighted by atomic mass is 16.3. The molecule has 2 heterocycles. The van der Waals surface area contributed by atoms with Crippen molar-refractivity contribution in [2.45, 2.75) is 25.4 Å². The number of aryl methyl sites for hydroxylation is 1. The molecule has 1 saturated heterocycles. The molecule has 0 aromatic carbocycles. The summed E-state index contributed by atoms with van der Waals surface area (Å²) in [5, 5.41) is 9.07. The number of pyridine rings is 1. The molecule has 0 saturated carbocycles. The van der Waals surface area contributed by atoms with E-state index in [2.05, 4.69) is 4.98 Å². The fourth-order valence-corrected chi connectivity index (χ4v) is 1.78. The standard InChI is InChI=1S/C12H16N2O2/c15-11-8-14(9-11)12(16)6-3-5-10-4-1-2-7-13-10/h1-2,4,7,11,15H,3,5-6,8-9H2. The number of aromatic nitrogens is 1. The highest BCUT2D eigenvalue weighted by Crippen LogP contribution is 2.11. The fraction of sp³-hybridized carbons (Fsp3) is 0.500. The largest absolute Gasteiger partial charge is 0.389 e. The van der Waals surface area contributed by atoms with Crippen LogP contribution in [0.3, 0.4) is 0 Å². The number of β-amino-alcohol motifs (C(OH)–C–C–N with tert-alkyl or cyclic N) is 1. The Morgan fingerprint density at radius 2 is 2.31 bits per heavy atom. The predicted octanol–water partition coefficient (Wildman–Crippen LogP) is 0.607. The number of aliphatic hydroxyl groups is 1. The Hall–Kier alpha value is -1.42. The molecule has 1 aromatic heterocycles. The minimum atomic E-state index is -0.306. The van der Waals surface area contributed by atoms with Crippen molar-refractivity contribution < 1.29 is 9.90 Å². The van der Waals surface area contributed by atoms with Crippen LogP contribution in [0.15, 0.2) is 24.4 Å². The number of rotatable bonds is 4. The second-order valence-corrected chi connectivity index (χ2v) is 4.13. The maximum atomic E-state index is 11.6. The van der Waals surface area contributed by atoms with Crippen LogP contribution in [0.5, 0.6) is 0 Å². The third-order valence-corrected chi connectivity index (χ3v) is 2.76. The number of nitrogens with zero attached hydrogens (tertiary/aromatic N) is 2. The molecule has 0 atom stereocenters. The molecule has 0 spiro atoms. The molecule has 0 radical (unpaired) electrons. The number of amides is 1.